The van der Waals surface area contributed by atoms with E-state index in [0.29, 0.717) is 12.2 Å². The minimum absolute atomic E-state index is 0.00647. The zero-order chi connectivity index (χ0) is 13.3. The number of hydrogen-bond acceptors (Lipinski definition) is 5. The molecule has 5 nitrogen and oxygen atoms in total. The molecule has 1 atom stereocenters. The van der Waals surface area contributed by atoms with Gasteiger partial charge in [0.1, 0.15) is 5.82 Å². The molecule has 0 bridgehead atoms. The topological polar surface area (TPSA) is 71.6 Å². The summed E-state index contributed by atoms with van der Waals surface area (Å²) in [7, 11) is 0. The number of halogens is 1. The Labute approximate surface area is 115 Å². The monoisotopic (exact) mass is 315 g/mol. The van der Waals surface area contributed by atoms with Crippen LogP contribution in [0.4, 0.5) is 11.5 Å². The van der Waals surface area contributed by atoms with Gasteiger partial charge < -0.3 is 20.5 Å². The third-order valence-corrected chi connectivity index (χ3v) is 3.41. The summed E-state index contributed by atoms with van der Waals surface area (Å²) in [5.41, 5.74) is 6.00. The number of rotatable bonds is 2. The molecule has 1 saturated heterocycles. The fourth-order valence-electron chi connectivity index (χ4n) is 2.23. The number of pyridine rings is 1. The fraction of sp³-hybridized carbons (Fsp3) is 0.583. The lowest BCUT2D eigenvalue weighted by Gasteiger charge is -2.43. The van der Waals surface area contributed by atoms with Crippen molar-refractivity contribution in [2.75, 3.05) is 30.3 Å². The first-order valence-corrected chi connectivity index (χ1v) is 6.65. The minimum atomic E-state index is -0.311. The standard InChI is InChI=1S/C12H18BrN3O2/c1-12(2)7-16(5-9(6-17)18-12)11-10(13)3-8(14)4-15-11/h3-4,9,17H,5-7,14H2,1-2H3. The Balaban J connectivity index is 2.26. The molecule has 1 fully saturated rings. The van der Waals surface area contributed by atoms with Gasteiger partial charge in [-0.2, -0.15) is 0 Å². The molecule has 2 rings (SSSR count). The minimum Gasteiger partial charge on any atom is -0.397 e. The van der Waals surface area contributed by atoms with Crippen LogP contribution in [0.25, 0.3) is 0 Å². The maximum absolute atomic E-state index is 9.30. The molecule has 1 unspecified atom stereocenters. The highest BCUT2D eigenvalue weighted by Gasteiger charge is 2.34. The van der Waals surface area contributed by atoms with Crippen molar-refractivity contribution in [2.24, 2.45) is 0 Å². The number of anilines is 2. The molecule has 3 N–H and O–H groups in total. The maximum atomic E-state index is 9.30. The lowest BCUT2D eigenvalue weighted by Crippen LogP contribution is -2.54. The second-order valence-corrected chi connectivity index (χ2v) is 5.99. The van der Waals surface area contributed by atoms with E-state index in [9.17, 15) is 5.11 Å². The van der Waals surface area contributed by atoms with E-state index in [-0.39, 0.29) is 18.3 Å². The van der Waals surface area contributed by atoms with Crippen molar-refractivity contribution in [1.82, 2.24) is 4.98 Å². The summed E-state index contributed by atoms with van der Waals surface area (Å²) in [6, 6.07) is 1.83. The van der Waals surface area contributed by atoms with E-state index >= 15 is 0 Å². The van der Waals surface area contributed by atoms with E-state index in [1.807, 2.05) is 19.9 Å². The van der Waals surface area contributed by atoms with Crippen LogP contribution in [0.1, 0.15) is 13.8 Å². The number of nitrogens with zero attached hydrogens (tertiary/aromatic N) is 2. The van der Waals surface area contributed by atoms with Crippen LogP contribution in [0.3, 0.4) is 0 Å². The molecule has 0 saturated carbocycles. The smallest absolute Gasteiger partial charge is 0.143 e. The number of hydrogen-bond donors (Lipinski definition) is 2. The van der Waals surface area contributed by atoms with E-state index in [0.717, 1.165) is 16.8 Å². The molecule has 18 heavy (non-hydrogen) atoms. The largest absolute Gasteiger partial charge is 0.397 e. The summed E-state index contributed by atoms with van der Waals surface area (Å²) in [6.07, 6.45) is 1.44. The third kappa shape index (κ3) is 2.93. The van der Waals surface area contributed by atoms with Crippen LogP contribution in [-0.2, 0) is 4.74 Å². The normalized spacial score (nSPS) is 23.1. The van der Waals surface area contributed by atoms with Gasteiger partial charge in [-0.3, -0.25) is 0 Å². The van der Waals surface area contributed by atoms with Gasteiger partial charge in [-0.1, -0.05) is 0 Å². The zero-order valence-corrected chi connectivity index (χ0v) is 12.1. The molecular formula is C12H18BrN3O2. The highest BCUT2D eigenvalue weighted by Crippen LogP contribution is 2.30. The lowest BCUT2D eigenvalue weighted by molar-refractivity contribution is -0.101. The number of morpholine rings is 1. The molecule has 0 aromatic carbocycles. The molecule has 1 aromatic heterocycles. The van der Waals surface area contributed by atoms with Crippen LogP contribution in [0.5, 0.6) is 0 Å². The van der Waals surface area contributed by atoms with Gasteiger partial charge in [-0.15, -0.1) is 0 Å². The van der Waals surface area contributed by atoms with Crippen molar-refractivity contribution in [1.29, 1.82) is 0 Å². The van der Waals surface area contributed by atoms with Crippen molar-refractivity contribution in [3.05, 3.63) is 16.7 Å². The number of nitrogens with two attached hydrogens (primary N) is 1. The molecule has 1 aliphatic heterocycles. The molecule has 6 heteroatoms. The molecule has 1 aliphatic rings. The van der Waals surface area contributed by atoms with Crippen molar-refractivity contribution >= 4 is 27.4 Å². The summed E-state index contributed by atoms with van der Waals surface area (Å²) in [5, 5.41) is 9.30. The summed E-state index contributed by atoms with van der Waals surface area (Å²) >= 11 is 3.47. The molecule has 0 spiro atoms. The Kier molecular flexibility index (Phi) is 3.79. The molecule has 0 radical (unpaired) electrons. The SMILES string of the molecule is CC1(C)CN(c2ncc(N)cc2Br)CC(CO)O1. The van der Waals surface area contributed by atoms with Gasteiger partial charge in [-0.25, -0.2) is 4.98 Å². The average molecular weight is 316 g/mol. The number of aromatic nitrogens is 1. The Bertz CT molecular complexity index is 439. The van der Waals surface area contributed by atoms with Gasteiger partial charge >= 0.3 is 0 Å². The highest BCUT2D eigenvalue weighted by atomic mass is 79.9. The Morgan fingerprint density at radius 2 is 2.39 bits per heavy atom. The van der Waals surface area contributed by atoms with Crippen molar-refractivity contribution in [2.45, 2.75) is 25.6 Å². The number of ether oxygens (including phenoxy) is 1. The van der Waals surface area contributed by atoms with Gasteiger partial charge in [0.05, 0.1) is 34.7 Å². The predicted octanol–water partition coefficient (Wildman–Crippen LogP) is 1.40. The summed E-state index contributed by atoms with van der Waals surface area (Å²) in [4.78, 5) is 6.46. The second kappa shape index (κ2) is 5.03. The molecule has 2 heterocycles. The van der Waals surface area contributed by atoms with Crippen LogP contribution in [-0.4, -0.2) is 41.5 Å². The lowest BCUT2D eigenvalue weighted by atomic mass is 10.1. The highest BCUT2D eigenvalue weighted by molar-refractivity contribution is 9.10. The maximum Gasteiger partial charge on any atom is 0.143 e. The van der Waals surface area contributed by atoms with Crippen LogP contribution >= 0.6 is 15.9 Å². The average Bonchev–Trinajstić information content (AvgIpc) is 2.26. The third-order valence-electron chi connectivity index (χ3n) is 2.83. The van der Waals surface area contributed by atoms with Gasteiger partial charge in [0.2, 0.25) is 0 Å². The molecule has 0 amide bonds. The molecule has 100 valence electrons. The number of aliphatic hydroxyl groups excluding tert-OH is 1. The quantitative estimate of drug-likeness (QED) is 0.863. The van der Waals surface area contributed by atoms with Crippen LogP contribution in [0.15, 0.2) is 16.7 Å². The van der Waals surface area contributed by atoms with E-state index in [2.05, 4.69) is 25.8 Å². The van der Waals surface area contributed by atoms with Crippen molar-refractivity contribution in [3.63, 3.8) is 0 Å². The van der Waals surface area contributed by atoms with E-state index in [1.54, 1.807) is 6.20 Å². The Hall–Kier alpha value is -0.850. The van der Waals surface area contributed by atoms with Crippen LogP contribution in [0.2, 0.25) is 0 Å². The molecule has 0 aliphatic carbocycles. The summed E-state index contributed by atoms with van der Waals surface area (Å²) in [6.45, 7) is 5.36. The Morgan fingerprint density at radius 1 is 1.67 bits per heavy atom. The summed E-state index contributed by atoms with van der Waals surface area (Å²) in [5.74, 6) is 0.832. The Morgan fingerprint density at radius 3 is 3.00 bits per heavy atom. The fourth-order valence-corrected chi connectivity index (χ4v) is 2.85. The van der Waals surface area contributed by atoms with Crippen molar-refractivity contribution < 1.29 is 9.84 Å². The van der Waals surface area contributed by atoms with Crippen molar-refractivity contribution in [3.8, 4) is 0 Å². The first-order chi connectivity index (χ1) is 8.41. The van der Waals surface area contributed by atoms with E-state index in [1.165, 1.54) is 0 Å². The van der Waals surface area contributed by atoms with Gasteiger partial charge in [0.25, 0.3) is 0 Å². The van der Waals surface area contributed by atoms with E-state index in [4.69, 9.17) is 10.5 Å². The van der Waals surface area contributed by atoms with Gasteiger partial charge in [-0.05, 0) is 35.8 Å². The van der Waals surface area contributed by atoms with Crippen LogP contribution in [0, 0.1) is 0 Å². The van der Waals surface area contributed by atoms with Gasteiger partial charge in [0.15, 0.2) is 0 Å². The predicted molar refractivity (Wildman–Crippen MR) is 74.6 cm³/mol. The van der Waals surface area contributed by atoms with E-state index < -0.39 is 0 Å². The zero-order valence-electron chi connectivity index (χ0n) is 10.6. The number of aliphatic hydroxyl groups is 1. The first-order valence-electron chi connectivity index (χ1n) is 5.86. The molecular weight excluding hydrogens is 298 g/mol. The van der Waals surface area contributed by atoms with Gasteiger partial charge in [0, 0.05) is 13.1 Å². The first kappa shape index (κ1) is 13.6. The second-order valence-electron chi connectivity index (χ2n) is 5.14. The summed E-state index contributed by atoms with van der Waals surface area (Å²) < 4.78 is 6.64. The number of nitrogen functional groups attached to an aromatic ring is 1. The molecule has 1 aromatic rings. The van der Waals surface area contributed by atoms with Crippen LogP contribution < -0.4 is 10.6 Å².